The van der Waals surface area contributed by atoms with Crippen LogP contribution in [-0.2, 0) is 14.6 Å². The Morgan fingerprint density at radius 2 is 1.87 bits per heavy atom. The Bertz CT molecular complexity index is 962. The minimum atomic E-state index is -3.46. The van der Waals surface area contributed by atoms with Gasteiger partial charge in [-0.25, -0.2) is 12.8 Å². The Labute approximate surface area is 132 Å². The van der Waals surface area contributed by atoms with Crippen molar-refractivity contribution in [2.24, 2.45) is 0 Å². The first-order valence-corrected chi connectivity index (χ1v) is 8.25. The summed E-state index contributed by atoms with van der Waals surface area (Å²) in [6.45, 7) is 3.60. The summed E-state index contributed by atoms with van der Waals surface area (Å²) in [5.74, 6) is -1.15. The standard InChI is InChI=1S/C17H12FNO3S/c1-11(14-4-2-3-5-15(14)18)17(20)19-13-7-6-12-8-9-23(21,22)16(12)10-13/h2-10H,1H2,(H,19,20). The molecule has 6 heteroatoms. The van der Waals surface area contributed by atoms with Crippen LogP contribution in [0.25, 0.3) is 11.6 Å². The number of carbonyl (C=O) groups is 1. The molecule has 0 fully saturated rings. The molecule has 23 heavy (non-hydrogen) atoms. The van der Waals surface area contributed by atoms with Crippen molar-refractivity contribution < 1.29 is 17.6 Å². The third-order valence-corrected chi connectivity index (χ3v) is 4.94. The van der Waals surface area contributed by atoms with Crippen LogP contribution in [-0.4, -0.2) is 14.3 Å². The van der Waals surface area contributed by atoms with E-state index in [1.165, 1.54) is 30.3 Å². The molecule has 1 aliphatic rings. The Morgan fingerprint density at radius 3 is 2.61 bits per heavy atom. The highest BCUT2D eigenvalue weighted by molar-refractivity contribution is 7.94. The highest BCUT2D eigenvalue weighted by atomic mass is 32.2. The van der Waals surface area contributed by atoms with E-state index in [2.05, 4.69) is 11.9 Å². The van der Waals surface area contributed by atoms with Crippen LogP contribution in [0.3, 0.4) is 0 Å². The second kappa shape index (κ2) is 5.48. The number of hydrogen-bond acceptors (Lipinski definition) is 3. The fourth-order valence-electron chi connectivity index (χ4n) is 2.27. The van der Waals surface area contributed by atoms with E-state index in [1.54, 1.807) is 18.2 Å². The van der Waals surface area contributed by atoms with Crippen LogP contribution in [0, 0.1) is 5.82 Å². The fraction of sp³-hybridized carbons (Fsp3) is 0. The average Bonchev–Trinajstić information content (AvgIpc) is 2.82. The minimum absolute atomic E-state index is 0.0374. The van der Waals surface area contributed by atoms with Gasteiger partial charge < -0.3 is 5.32 Å². The molecule has 0 saturated carbocycles. The van der Waals surface area contributed by atoms with E-state index in [4.69, 9.17) is 0 Å². The molecule has 1 N–H and O–H groups in total. The topological polar surface area (TPSA) is 63.2 Å². The van der Waals surface area contributed by atoms with Gasteiger partial charge in [-0.1, -0.05) is 30.8 Å². The van der Waals surface area contributed by atoms with Crippen LogP contribution in [0.1, 0.15) is 11.1 Å². The number of rotatable bonds is 3. The molecule has 2 aromatic rings. The zero-order chi connectivity index (χ0) is 16.6. The van der Waals surface area contributed by atoms with Gasteiger partial charge in [-0.3, -0.25) is 4.79 Å². The van der Waals surface area contributed by atoms with Gasteiger partial charge in [-0.05, 0) is 29.8 Å². The Hall–Kier alpha value is -2.73. The largest absolute Gasteiger partial charge is 0.322 e. The zero-order valence-electron chi connectivity index (χ0n) is 11.9. The second-order valence-electron chi connectivity index (χ2n) is 5.01. The highest BCUT2D eigenvalue weighted by Gasteiger charge is 2.21. The van der Waals surface area contributed by atoms with E-state index in [1.807, 2.05) is 0 Å². The molecular weight excluding hydrogens is 317 g/mol. The maximum absolute atomic E-state index is 13.7. The molecule has 0 aliphatic carbocycles. The smallest absolute Gasteiger partial charge is 0.255 e. The van der Waals surface area contributed by atoms with Gasteiger partial charge in [0.15, 0.2) is 0 Å². The number of benzene rings is 2. The molecule has 1 amide bonds. The van der Waals surface area contributed by atoms with Crippen molar-refractivity contribution in [2.45, 2.75) is 4.90 Å². The summed E-state index contributed by atoms with van der Waals surface area (Å²) >= 11 is 0. The van der Waals surface area contributed by atoms with Crippen LogP contribution in [0.5, 0.6) is 0 Å². The fourth-order valence-corrected chi connectivity index (χ4v) is 3.50. The maximum Gasteiger partial charge on any atom is 0.255 e. The molecule has 0 bridgehead atoms. The molecule has 4 nitrogen and oxygen atoms in total. The zero-order valence-corrected chi connectivity index (χ0v) is 12.7. The predicted octanol–water partition coefficient (Wildman–Crippen LogP) is 3.24. The van der Waals surface area contributed by atoms with E-state index < -0.39 is 21.6 Å². The molecule has 0 aromatic heterocycles. The lowest BCUT2D eigenvalue weighted by atomic mass is 10.1. The van der Waals surface area contributed by atoms with Gasteiger partial charge in [0, 0.05) is 22.2 Å². The van der Waals surface area contributed by atoms with Crippen molar-refractivity contribution in [1.82, 2.24) is 0 Å². The van der Waals surface area contributed by atoms with Crippen molar-refractivity contribution in [3.8, 4) is 0 Å². The first kappa shape index (κ1) is 15.2. The first-order valence-electron chi connectivity index (χ1n) is 6.71. The lowest BCUT2D eigenvalue weighted by molar-refractivity contribution is -0.111. The summed E-state index contributed by atoms with van der Waals surface area (Å²) in [6, 6.07) is 10.4. The summed E-state index contributed by atoms with van der Waals surface area (Å²) in [6.07, 6.45) is 1.49. The Kier molecular flexibility index (Phi) is 3.61. The number of sulfone groups is 1. The third kappa shape index (κ3) is 2.80. The number of fused-ring (bicyclic) bond motifs is 1. The number of anilines is 1. The molecule has 1 aliphatic heterocycles. The summed E-state index contributed by atoms with van der Waals surface area (Å²) < 4.78 is 37.3. The van der Waals surface area contributed by atoms with Gasteiger partial charge in [0.1, 0.15) is 5.82 Å². The van der Waals surface area contributed by atoms with Gasteiger partial charge in [-0.15, -0.1) is 0 Å². The van der Waals surface area contributed by atoms with Gasteiger partial charge in [-0.2, -0.15) is 0 Å². The van der Waals surface area contributed by atoms with Crippen molar-refractivity contribution in [3.05, 3.63) is 71.4 Å². The normalized spacial score (nSPS) is 14.3. The monoisotopic (exact) mass is 329 g/mol. The van der Waals surface area contributed by atoms with Gasteiger partial charge in [0.2, 0.25) is 9.84 Å². The molecule has 1 heterocycles. The molecule has 0 spiro atoms. The quantitative estimate of drug-likeness (QED) is 0.879. The summed E-state index contributed by atoms with van der Waals surface area (Å²) in [7, 11) is -3.46. The predicted molar refractivity (Wildman–Crippen MR) is 86.7 cm³/mol. The van der Waals surface area contributed by atoms with Gasteiger partial charge >= 0.3 is 0 Å². The van der Waals surface area contributed by atoms with Crippen molar-refractivity contribution in [3.63, 3.8) is 0 Å². The van der Waals surface area contributed by atoms with Crippen LogP contribution in [0.15, 0.2) is 59.3 Å². The molecule has 0 saturated heterocycles. The Balaban J connectivity index is 1.85. The van der Waals surface area contributed by atoms with E-state index >= 15 is 0 Å². The van der Waals surface area contributed by atoms with E-state index in [9.17, 15) is 17.6 Å². The summed E-state index contributed by atoms with van der Waals surface area (Å²) in [5.41, 5.74) is 0.930. The molecule has 3 rings (SSSR count). The molecule has 0 unspecified atom stereocenters. The first-order chi connectivity index (χ1) is 10.9. The number of carbonyl (C=O) groups excluding carboxylic acids is 1. The second-order valence-corrected chi connectivity index (χ2v) is 6.81. The number of hydrogen-bond donors (Lipinski definition) is 1. The number of amides is 1. The Morgan fingerprint density at radius 1 is 1.13 bits per heavy atom. The summed E-state index contributed by atoms with van der Waals surface area (Å²) in [4.78, 5) is 12.3. The lowest BCUT2D eigenvalue weighted by Gasteiger charge is -2.10. The van der Waals surface area contributed by atoms with E-state index in [0.717, 1.165) is 5.41 Å². The molecular formula is C17H12FNO3S. The minimum Gasteiger partial charge on any atom is -0.322 e. The average molecular weight is 329 g/mol. The van der Waals surface area contributed by atoms with E-state index in [0.29, 0.717) is 11.3 Å². The lowest BCUT2D eigenvalue weighted by Crippen LogP contribution is -2.14. The summed E-state index contributed by atoms with van der Waals surface area (Å²) in [5, 5.41) is 3.65. The van der Waals surface area contributed by atoms with Crippen molar-refractivity contribution in [2.75, 3.05) is 5.32 Å². The molecule has 116 valence electrons. The maximum atomic E-state index is 13.7. The van der Waals surface area contributed by atoms with Gasteiger partial charge in [0.25, 0.3) is 5.91 Å². The SMILES string of the molecule is C=C(C(=O)Nc1ccc2c(c1)S(=O)(=O)C=C2)c1ccccc1F. The van der Waals surface area contributed by atoms with Crippen molar-refractivity contribution >= 4 is 33.1 Å². The highest BCUT2D eigenvalue weighted by Crippen LogP contribution is 2.29. The number of halogens is 1. The molecule has 2 aromatic carbocycles. The van der Waals surface area contributed by atoms with Crippen LogP contribution in [0.2, 0.25) is 0 Å². The van der Waals surface area contributed by atoms with Crippen LogP contribution in [0.4, 0.5) is 10.1 Å². The van der Waals surface area contributed by atoms with Gasteiger partial charge in [0.05, 0.1) is 4.90 Å². The third-order valence-electron chi connectivity index (χ3n) is 3.48. The van der Waals surface area contributed by atoms with Crippen molar-refractivity contribution in [1.29, 1.82) is 0 Å². The number of nitrogens with one attached hydrogen (secondary N) is 1. The van der Waals surface area contributed by atoms with Crippen LogP contribution >= 0.6 is 0 Å². The molecule has 0 radical (unpaired) electrons. The van der Waals surface area contributed by atoms with Crippen LogP contribution < -0.4 is 5.32 Å². The molecule has 0 atom stereocenters. The van der Waals surface area contributed by atoms with E-state index in [-0.39, 0.29) is 16.0 Å².